The molecule has 2 heterocycles. The second kappa shape index (κ2) is 27.6. The number of nitrogens with two attached hydrogens (primary N) is 2. The molecule has 0 atom stereocenters. The summed E-state index contributed by atoms with van der Waals surface area (Å²) in [6.07, 6.45) is -1.82. The highest BCUT2D eigenvalue weighted by Crippen LogP contribution is 2.18. The minimum absolute atomic E-state index is 0.0180. The fourth-order valence-electron chi connectivity index (χ4n) is 5.50. The molecule has 10 N–H and O–H groups in total. The smallest absolute Gasteiger partial charge is 0.414 e. The summed E-state index contributed by atoms with van der Waals surface area (Å²) in [7, 11) is -7.99. The van der Waals surface area contributed by atoms with Crippen molar-refractivity contribution in [2.75, 3.05) is 35.7 Å². The lowest BCUT2D eigenvalue weighted by atomic mass is 10.2. The zero-order chi connectivity index (χ0) is 55.6. The van der Waals surface area contributed by atoms with E-state index in [0.717, 1.165) is 16.3 Å². The van der Waals surface area contributed by atoms with Gasteiger partial charge in [0, 0.05) is 18.5 Å². The molecule has 0 bridgehead atoms. The van der Waals surface area contributed by atoms with Gasteiger partial charge in [-0.3, -0.25) is 39.3 Å². The van der Waals surface area contributed by atoms with Crippen molar-refractivity contribution >= 4 is 113 Å². The summed E-state index contributed by atoms with van der Waals surface area (Å²) < 4.78 is 69.5. The van der Waals surface area contributed by atoms with Crippen molar-refractivity contribution in [2.24, 2.45) is 21.8 Å². The molecule has 4 aromatic rings. The predicted molar refractivity (Wildman–Crippen MR) is 291 cm³/mol. The maximum absolute atomic E-state index is 13.0. The molecule has 404 valence electrons. The van der Waals surface area contributed by atoms with Crippen LogP contribution in [-0.2, 0) is 61.9 Å². The van der Waals surface area contributed by atoms with E-state index in [2.05, 4.69) is 63.6 Å². The third kappa shape index (κ3) is 21.8. The number of amides is 4. The Labute approximate surface area is 454 Å². The summed E-state index contributed by atoms with van der Waals surface area (Å²) in [4.78, 5) is 84.6. The molecule has 2 aromatic carbocycles. The largest absolute Gasteiger partial charge is 0.444 e. The SMILES string of the molecule is Cc1ccc(NS(=O)(=O)c2ccc(I)cc2)c(=O)n1CC(=O)NCCON=C(N)N.Cc1ccc(NS(=O)(=O)c2ccc(I)cc2)c(=O)n1CC(=O)NCCON=C(NC(=O)OC(C)(C)C)NC(=O)OC(C)(C)C. The van der Waals surface area contributed by atoms with Crippen LogP contribution in [0.3, 0.4) is 0 Å². The van der Waals surface area contributed by atoms with Gasteiger partial charge in [-0.25, -0.2) is 26.4 Å². The number of hydrogen-bond donors (Lipinski definition) is 8. The number of halogens is 2. The van der Waals surface area contributed by atoms with Crippen molar-refractivity contribution in [3.05, 3.63) is 112 Å². The Hall–Kier alpha value is -6.68. The molecule has 0 radical (unpaired) electrons. The molecule has 4 amide bonds. The van der Waals surface area contributed by atoms with E-state index in [4.69, 9.17) is 30.6 Å². The van der Waals surface area contributed by atoms with Gasteiger partial charge in [0.05, 0.1) is 22.9 Å². The Bertz CT molecular complexity index is 3010. The van der Waals surface area contributed by atoms with E-state index < -0.39 is 78.9 Å². The molecule has 4 rings (SSSR count). The molecule has 0 fully saturated rings. The van der Waals surface area contributed by atoms with Crippen LogP contribution in [0.15, 0.2) is 102 Å². The third-order valence-corrected chi connectivity index (χ3v) is 12.9. The fourth-order valence-corrected chi connectivity index (χ4v) is 8.34. The molecule has 2 aromatic heterocycles. The van der Waals surface area contributed by atoms with Crippen LogP contribution in [0.25, 0.3) is 0 Å². The van der Waals surface area contributed by atoms with Crippen LogP contribution in [0.2, 0.25) is 0 Å². The number of ether oxygens (including phenoxy) is 2. The van der Waals surface area contributed by atoms with Crippen LogP contribution in [-0.4, -0.2) is 99.4 Å². The molecule has 0 saturated carbocycles. The van der Waals surface area contributed by atoms with Gasteiger partial charge in [-0.1, -0.05) is 0 Å². The Morgan fingerprint density at radius 3 is 1.27 bits per heavy atom. The second-order valence-electron chi connectivity index (χ2n) is 17.3. The number of carbonyl (C=O) groups excluding carboxylic acids is 4. The van der Waals surface area contributed by atoms with Crippen molar-refractivity contribution in [1.82, 2.24) is 30.4 Å². The molecule has 26 nitrogen and oxygen atoms in total. The number of sulfonamides is 2. The first-order valence-corrected chi connectivity index (χ1v) is 26.9. The van der Waals surface area contributed by atoms with Crippen LogP contribution >= 0.6 is 45.2 Å². The van der Waals surface area contributed by atoms with Gasteiger partial charge in [-0.15, -0.1) is 0 Å². The number of anilines is 2. The van der Waals surface area contributed by atoms with E-state index in [1.807, 2.05) is 22.6 Å². The molecule has 74 heavy (non-hydrogen) atoms. The van der Waals surface area contributed by atoms with Crippen molar-refractivity contribution in [2.45, 2.75) is 89.5 Å². The van der Waals surface area contributed by atoms with Gasteiger partial charge >= 0.3 is 12.2 Å². The summed E-state index contributed by atoms with van der Waals surface area (Å²) in [5, 5.41) is 16.6. The lowest BCUT2D eigenvalue weighted by Crippen LogP contribution is -2.47. The number of nitrogens with one attached hydrogen (secondary N) is 6. The molecule has 0 aliphatic rings. The second-order valence-corrected chi connectivity index (χ2v) is 23.1. The zero-order valence-electron chi connectivity index (χ0n) is 41.4. The normalized spacial score (nSPS) is 11.3. The van der Waals surface area contributed by atoms with E-state index in [1.165, 1.54) is 42.5 Å². The van der Waals surface area contributed by atoms with Crippen LogP contribution in [0.5, 0.6) is 0 Å². The fraction of sp³-hybridized carbons (Fsp3) is 0.364. The topological polar surface area (TPSA) is 366 Å². The van der Waals surface area contributed by atoms with E-state index >= 15 is 0 Å². The molecule has 0 aliphatic heterocycles. The number of oxime groups is 2. The maximum Gasteiger partial charge on any atom is 0.414 e. The molecule has 30 heteroatoms. The minimum atomic E-state index is -4.04. The lowest BCUT2D eigenvalue weighted by Gasteiger charge is -2.21. The monoisotopic (exact) mass is 1300 g/mol. The third-order valence-electron chi connectivity index (χ3n) is 8.72. The number of aromatic nitrogens is 2. The van der Waals surface area contributed by atoms with Crippen molar-refractivity contribution in [3.63, 3.8) is 0 Å². The van der Waals surface area contributed by atoms with Gasteiger partial charge in [0.15, 0.2) is 0 Å². The number of hydrogen-bond acceptors (Lipinski definition) is 16. The molecular weight excluding hydrogens is 1240 g/mol. The predicted octanol–water partition coefficient (Wildman–Crippen LogP) is 2.90. The average Bonchev–Trinajstić information content (AvgIpc) is 3.27. The standard InChI is InChI=1S/C27H37IN6O9S.C17H21IN6O5S/c1-17-8-13-20(33-44(39,40)19-11-9-18(28)10-12-19)22(36)34(17)16-21(35)29-14-15-41-32-23(30-24(37)42-26(2,3)4)31-25(38)43-27(5,6)7;1-11-2-7-14(23-30(27,28)13-5-3-12(18)4-6-13)16(26)24(11)10-15(25)21-8-9-29-22-17(19)20/h8-13,33H,14-16H2,1-7H3,(H,29,35)(H2,30,31,32,37,38);2-7,23H,8-10H2,1H3,(H,21,25)(H4,19,20,22). The maximum atomic E-state index is 13.0. The zero-order valence-corrected chi connectivity index (χ0v) is 47.4. The van der Waals surface area contributed by atoms with Gasteiger partial charge in [-0.2, -0.15) is 0 Å². The van der Waals surface area contributed by atoms with Crippen LogP contribution in [0, 0.1) is 21.0 Å². The first-order valence-electron chi connectivity index (χ1n) is 21.8. The minimum Gasteiger partial charge on any atom is -0.444 e. The van der Waals surface area contributed by atoms with E-state index in [1.54, 1.807) is 85.7 Å². The highest BCUT2D eigenvalue weighted by atomic mass is 127. The summed E-state index contributed by atoms with van der Waals surface area (Å²) in [5.74, 6) is -1.69. The Kier molecular flexibility index (Phi) is 23.0. The molecule has 0 saturated heterocycles. The number of aryl methyl sites for hydroxylation is 2. The van der Waals surface area contributed by atoms with Crippen LogP contribution in [0.1, 0.15) is 52.9 Å². The van der Waals surface area contributed by atoms with Gasteiger partial charge in [0.1, 0.15) is 48.9 Å². The quantitative estimate of drug-likeness (QED) is 0.0233. The highest BCUT2D eigenvalue weighted by molar-refractivity contribution is 14.1. The number of rotatable bonds is 18. The summed E-state index contributed by atoms with van der Waals surface area (Å²) in [5.41, 5.74) is 7.74. The summed E-state index contributed by atoms with van der Waals surface area (Å²) in [6.45, 7) is 12.3. The number of carbonyl (C=O) groups is 4. The van der Waals surface area contributed by atoms with Gasteiger partial charge in [0.2, 0.25) is 17.8 Å². The first-order chi connectivity index (χ1) is 34.4. The number of benzene rings is 2. The summed E-state index contributed by atoms with van der Waals surface area (Å²) in [6, 6.07) is 18.0. The highest BCUT2D eigenvalue weighted by Gasteiger charge is 2.23. The van der Waals surface area contributed by atoms with Crippen molar-refractivity contribution in [3.8, 4) is 0 Å². The van der Waals surface area contributed by atoms with Crippen molar-refractivity contribution < 1.29 is 55.2 Å². The van der Waals surface area contributed by atoms with Crippen LogP contribution < -0.4 is 53.3 Å². The van der Waals surface area contributed by atoms with E-state index in [0.29, 0.717) is 11.4 Å². The average molecular weight is 1300 g/mol. The Morgan fingerprint density at radius 1 is 0.581 bits per heavy atom. The van der Waals surface area contributed by atoms with Crippen LogP contribution in [0.4, 0.5) is 21.0 Å². The summed E-state index contributed by atoms with van der Waals surface area (Å²) >= 11 is 4.10. The first kappa shape index (κ1) is 61.6. The van der Waals surface area contributed by atoms with Gasteiger partial charge in [0.25, 0.3) is 37.1 Å². The van der Waals surface area contributed by atoms with Crippen molar-refractivity contribution in [1.29, 1.82) is 0 Å². The molecule has 0 aliphatic carbocycles. The van der Waals surface area contributed by atoms with Gasteiger partial charge < -0.3 is 50.4 Å². The number of alkyl carbamates (subject to hydrolysis) is 2. The van der Waals surface area contributed by atoms with Gasteiger partial charge in [-0.05, 0) is 184 Å². The Balaban J connectivity index is 0.000000419. The molecular formula is C44H58I2N12O14S2. The lowest BCUT2D eigenvalue weighted by molar-refractivity contribution is -0.122. The molecule has 0 spiro atoms. The number of nitrogens with zero attached hydrogens (tertiary/aromatic N) is 4. The number of guanidine groups is 2. The Morgan fingerprint density at radius 2 is 0.932 bits per heavy atom. The number of pyridine rings is 2. The van der Waals surface area contributed by atoms with E-state index in [-0.39, 0.29) is 60.0 Å². The van der Waals surface area contributed by atoms with E-state index in [9.17, 15) is 45.6 Å². The molecule has 0 unspecified atom stereocenters.